The van der Waals surface area contributed by atoms with Crippen LogP contribution in [0.4, 0.5) is 24.5 Å². The quantitative estimate of drug-likeness (QED) is 0.753. The summed E-state index contributed by atoms with van der Waals surface area (Å²) >= 11 is 0. The van der Waals surface area contributed by atoms with Gasteiger partial charge in [0.1, 0.15) is 0 Å². The molecular formula is C19H22F3N5. The van der Waals surface area contributed by atoms with Gasteiger partial charge < -0.3 is 10.2 Å². The average molecular weight is 377 g/mol. The average Bonchev–Trinajstić information content (AvgIpc) is 2.82. The fourth-order valence-corrected chi connectivity index (χ4v) is 3.62. The van der Waals surface area contributed by atoms with Gasteiger partial charge in [-0.2, -0.15) is 13.2 Å². The number of piperazine rings is 1. The molecule has 144 valence electrons. The van der Waals surface area contributed by atoms with Crippen LogP contribution in [0, 0.1) is 6.92 Å². The van der Waals surface area contributed by atoms with Crippen molar-refractivity contribution in [3.8, 4) is 0 Å². The molecule has 3 aliphatic heterocycles. The normalized spacial score (nSPS) is 22.6. The Morgan fingerprint density at radius 1 is 1.15 bits per heavy atom. The molecule has 5 nitrogen and oxygen atoms in total. The number of amidine groups is 2. The first-order valence-electron chi connectivity index (χ1n) is 9.15. The Balaban J connectivity index is 1.91. The van der Waals surface area contributed by atoms with Gasteiger partial charge in [-0.15, -0.1) is 0 Å². The molecule has 8 heteroatoms. The summed E-state index contributed by atoms with van der Waals surface area (Å²) in [5, 5.41) is 3.31. The van der Waals surface area contributed by atoms with Gasteiger partial charge in [0.05, 0.1) is 23.0 Å². The molecular weight excluding hydrogens is 355 g/mol. The summed E-state index contributed by atoms with van der Waals surface area (Å²) in [7, 11) is 0. The molecule has 27 heavy (non-hydrogen) atoms. The molecule has 1 atom stereocenters. The Morgan fingerprint density at radius 2 is 1.89 bits per heavy atom. The first-order valence-corrected chi connectivity index (χ1v) is 9.15. The van der Waals surface area contributed by atoms with E-state index in [1.807, 2.05) is 19.2 Å². The van der Waals surface area contributed by atoms with Crippen molar-refractivity contribution in [2.24, 2.45) is 9.98 Å². The minimum absolute atomic E-state index is 0.0443. The second-order valence-electron chi connectivity index (χ2n) is 7.12. The van der Waals surface area contributed by atoms with Crippen LogP contribution < -0.4 is 10.2 Å². The Labute approximate surface area is 156 Å². The number of halogens is 3. The van der Waals surface area contributed by atoms with Crippen molar-refractivity contribution < 1.29 is 13.2 Å². The molecule has 0 amide bonds. The van der Waals surface area contributed by atoms with Crippen molar-refractivity contribution in [3.05, 3.63) is 35.5 Å². The molecule has 3 aliphatic rings. The number of hydrogen-bond acceptors (Lipinski definition) is 5. The van der Waals surface area contributed by atoms with Gasteiger partial charge in [0.25, 0.3) is 0 Å². The van der Waals surface area contributed by atoms with E-state index < -0.39 is 11.7 Å². The number of anilines is 1. The number of nitrogens with zero attached hydrogens (tertiary/aromatic N) is 4. The predicted molar refractivity (Wildman–Crippen MR) is 101 cm³/mol. The fourth-order valence-electron chi connectivity index (χ4n) is 3.62. The van der Waals surface area contributed by atoms with Crippen molar-refractivity contribution in [2.75, 3.05) is 31.1 Å². The van der Waals surface area contributed by atoms with Crippen LogP contribution in [0.1, 0.15) is 24.5 Å². The van der Waals surface area contributed by atoms with Crippen molar-refractivity contribution >= 4 is 23.0 Å². The molecule has 1 fully saturated rings. The van der Waals surface area contributed by atoms with E-state index in [0.717, 1.165) is 38.4 Å². The van der Waals surface area contributed by atoms with Gasteiger partial charge in [0, 0.05) is 32.4 Å². The molecule has 1 aromatic rings. The molecule has 3 heterocycles. The summed E-state index contributed by atoms with van der Waals surface area (Å²) in [6.07, 6.45) is 0.128. The number of aliphatic imine (C=N–C) groups is 2. The second kappa shape index (κ2) is 6.67. The third-order valence-electron chi connectivity index (χ3n) is 5.00. The molecule has 0 aromatic heterocycles. The van der Waals surface area contributed by atoms with E-state index in [2.05, 4.69) is 10.2 Å². The third-order valence-corrected chi connectivity index (χ3v) is 5.00. The highest BCUT2D eigenvalue weighted by molar-refractivity contribution is 6.47. The number of nitrogens with one attached hydrogen (secondary N) is 1. The van der Waals surface area contributed by atoms with Crippen LogP contribution in [-0.2, 0) is 6.18 Å². The topological polar surface area (TPSA) is 43.2 Å². The van der Waals surface area contributed by atoms with Crippen LogP contribution in [-0.4, -0.2) is 48.8 Å². The number of aryl methyl sites for hydroxylation is 1. The molecule has 1 N–H and O–H groups in total. The van der Waals surface area contributed by atoms with Crippen LogP contribution in [0.25, 0.3) is 0 Å². The summed E-state index contributed by atoms with van der Waals surface area (Å²) < 4.78 is 40.1. The van der Waals surface area contributed by atoms with Crippen LogP contribution in [0.15, 0.2) is 34.4 Å². The first-order chi connectivity index (χ1) is 12.8. The number of rotatable bonds is 0. The van der Waals surface area contributed by atoms with Crippen LogP contribution in [0.3, 0.4) is 0 Å². The van der Waals surface area contributed by atoms with E-state index in [9.17, 15) is 13.2 Å². The fraction of sp³-hybridized carbons (Fsp3) is 0.474. The third kappa shape index (κ3) is 3.34. The summed E-state index contributed by atoms with van der Waals surface area (Å²) in [5.74, 6) is 1.37. The molecule has 0 spiro atoms. The monoisotopic (exact) mass is 377 g/mol. The molecule has 0 aliphatic carbocycles. The maximum absolute atomic E-state index is 13.4. The van der Waals surface area contributed by atoms with E-state index in [0.29, 0.717) is 22.8 Å². The smallest absolute Gasteiger partial charge is 0.351 e. The summed E-state index contributed by atoms with van der Waals surface area (Å²) in [6, 6.07) is 2.39. The SMILES string of the molecule is Cc1cc(C(F)(F)F)cc2c1N=C(N1CCNCC1)C1=NC(C)CC=CN12. The largest absolute Gasteiger partial charge is 0.416 e. The van der Waals surface area contributed by atoms with Crippen LogP contribution in [0.2, 0.25) is 0 Å². The lowest BCUT2D eigenvalue weighted by molar-refractivity contribution is -0.137. The highest BCUT2D eigenvalue weighted by Gasteiger charge is 2.36. The van der Waals surface area contributed by atoms with Crippen molar-refractivity contribution in [2.45, 2.75) is 32.5 Å². The number of benzene rings is 1. The molecule has 1 saturated heterocycles. The highest BCUT2D eigenvalue weighted by Crippen LogP contribution is 2.42. The first kappa shape index (κ1) is 18.0. The van der Waals surface area contributed by atoms with Gasteiger partial charge in [0.2, 0.25) is 0 Å². The van der Waals surface area contributed by atoms with E-state index in [-0.39, 0.29) is 6.04 Å². The van der Waals surface area contributed by atoms with Gasteiger partial charge in [-0.05, 0) is 38.0 Å². The minimum atomic E-state index is -4.40. The minimum Gasteiger partial charge on any atom is -0.351 e. The van der Waals surface area contributed by atoms with Gasteiger partial charge in [-0.1, -0.05) is 6.08 Å². The lowest BCUT2D eigenvalue weighted by atomic mass is 10.0. The predicted octanol–water partition coefficient (Wildman–Crippen LogP) is 3.47. The Bertz CT molecular complexity index is 834. The molecule has 0 bridgehead atoms. The Hall–Kier alpha value is -2.35. The van der Waals surface area contributed by atoms with Crippen molar-refractivity contribution in [1.82, 2.24) is 10.2 Å². The lowest BCUT2D eigenvalue weighted by Gasteiger charge is -2.37. The lowest BCUT2D eigenvalue weighted by Crippen LogP contribution is -2.52. The summed E-state index contributed by atoms with van der Waals surface area (Å²) in [5.41, 5.74) is 0.863. The van der Waals surface area contributed by atoms with Gasteiger partial charge >= 0.3 is 6.18 Å². The number of alkyl halides is 3. The highest BCUT2D eigenvalue weighted by atomic mass is 19.4. The molecule has 0 saturated carbocycles. The van der Waals surface area contributed by atoms with E-state index in [4.69, 9.17) is 9.98 Å². The molecule has 4 rings (SSSR count). The van der Waals surface area contributed by atoms with Crippen LogP contribution >= 0.6 is 0 Å². The van der Waals surface area contributed by atoms with Crippen LogP contribution in [0.5, 0.6) is 0 Å². The standard InChI is InChI=1S/C19H22F3N5/c1-12-10-14(19(20,21)22)11-15-16(12)25-17(26-8-5-23-6-9-26)18-24-13(2)4-3-7-27(15)18/h3,7,10-11,13,23H,4-6,8-9H2,1-2H3. The maximum Gasteiger partial charge on any atom is 0.416 e. The number of fused-ring (bicyclic) bond motifs is 3. The molecule has 1 unspecified atom stereocenters. The Kier molecular flexibility index (Phi) is 4.46. The zero-order valence-corrected chi connectivity index (χ0v) is 15.3. The second-order valence-corrected chi connectivity index (χ2v) is 7.12. The van der Waals surface area contributed by atoms with Crippen molar-refractivity contribution in [3.63, 3.8) is 0 Å². The zero-order chi connectivity index (χ0) is 19.2. The van der Waals surface area contributed by atoms with Crippen molar-refractivity contribution in [1.29, 1.82) is 0 Å². The Morgan fingerprint density at radius 3 is 2.59 bits per heavy atom. The summed E-state index contributed by atoms with van der Waals surface area (Å²) in [6.45, 7) is 6.95. The van der Waals surface area contributed by atoms with E-state index in [1.54, 1.807) is 11.8 Å². The number of hydrogen-bond donors (Lipinski definition) is 1. The van der Waals surface area contributed by atoms with E-state index in [1.165, 1.54) is 12.1 Å². The summed E-state index contributed by atoms with van der Waals surface area (Å²) in [4.78, 5) is 13.5. The van der Waals surface area contributed by atoms with Gasteiger partial charge in [0.15, 0.2) is 11.7 Å². The van der Waals surface area contributed by atoms with Gasteiger partial charge in [-0.3, -0.25) is 9.89 Å². The maximum atomic E-state index is 13.4. The van der Waals surface area contributed by atoms with E-state index >= 15 is 0 Å². The molecule has 0 radical (unpaired) electrons. The van der Waals surface area contributed by atoms with Gasteiger partial charge in [-0.25, -0.2) is 4.99 Å². The zero-order valence-electron chi connectivity index (χ0n) is 15.3. The molecule has 1 aromatic carbocycles.